The predicted molar refractivity (Wildman–Crippen MR) is 45.1 cm³/mol. The maximum absolute atomic E-state index is 5.48. The van der Waals surface area contributed by atoms with Crippen LogP contribution in [-0.2, 0) is 0 Å². The molecule has 1 atom stereocenters. The molecule has 0 aromatic heterocycles. The first kappa shape index (κ1) is 9.88. The monoisotopic (exact) mass is 145 g/mol. The van der Waals surface area contributed by atoms with Crippen molar-refractivity contribution >= 4 is 0 Å². The van der Waals surface area contributed by atoms with Crippen LogP contribution in [0, 0.1) is 0 Å². The van der Waals surface area contributed by atoms with Crippen LogP contribution in [0.5, 0.6) is 0 Å². The van der Waals surface area contributed by atoms with Gasteiger partial charge in [-0.15, -0.1) is 0 Å². The number of nitrogens with one attached hydrogen (secondary N) is 2. The van der Waals surface area contributed by atoms with E-state index in [0.717, 1.165) is 19.5 Å². The molecule has 0 amide bonds. The maximum atomic E-state index is 5.48. The third kappa shape index (κ3) is 4.73. The molecule has 0 saturated heterocycles. The summed E-state index contributed by atoms with van der Waals surface area (Å²) in [6.45, 7) is 1.82. The molecule has 3 heteroatoms. The molecule has 0 radical (unpaired) electrons. The molecule has 0 aliphatic heterocycles. The minimum Gasteiger partial charge on any atom is -0.329 e. The van der Waals surface area contributed by atoms with Crippen LogP contribution in [0.1, 0.15) is 12.8 Å². The Morgan fingerprint density at radius 3 is 2.50 bits per heavy atom. The van der Waals surface area contributed by atoms with Gasteiger partial charge in [-0.25, -0.2) is 0 Å². The topological polar surface area (TPSA) is 50.1 Å². The predicted octanol–water partition coefficient (Wildman–Crippen LogP) is -0.467. The van der Waals surface area contributed by atoms with Crippen LogP contribution in [0.4, 0.5) is 0 Å². The van der Waals surface area contributed by atoms with E-state index in [4.69, 9.17) is 5.73 Å². The van der Waals surface area contributed by atoms with Gasteiger partial charge >= 0.3 is 0 Å². The average molecular weight is 145 g/mol. The smallest absolute Gasteiger partial charge is 0.0187 e. The third-order valence-electron chi connectivity index (χ3n) is 1.67. The van der Waals surface area contributed by atoms with Crippen LogP contribution >= 0.6 is 0 Å². The number of rotatable bonds is 6. The molecular weight excluding hydrogens is 126 g/mol. The molecule has 4 N–H and O–H groups in total. The van der Waals surface area contributed by atoms with Gasteiger partial charge in [-0.3, -0.25) is 0 Å². The van der Waals surface area contributed by atoms with Gasteiger partial charge < -0.3 is 16.4 Å². The van der Waals surface area contributed by atoms with Crippen molar-refractivity contribution in [2.24, 2.45) is 5.73 Å². The number of hydrogen-bond acceptors (Lipinski definition) is 3. The quantitative estimate of drug-likeness (QED) is 0.443. The Kier molecular flexibility index (Phi) is 6.91. The van der Waals surface area contributed by atoms with Crippen molar-refractivity contribution in [2.75, 3.05) is 27.2 Å². The lowest BCUT2D eigenvalue weighted by Gasteiger charge is -2.12. The molecule has 0 bridgehead atoms. The fraction of sp³-hybridized carbons (Fsp3) is 1.00. The van der Waals surface area contributed by atoms with Gasteiger partial charge in [-0.2, -0.15) is 0 Å². The fourth-order valence-electron chi connectivity index (χ4n) is 0.905. The van der Waals surface area contributed by atoms with Crippen molar-refractivity contribution in [2.45, 2.75) is 18.9 Å². The van der Waals surface area contributed by atoms with E-state index < -0.39 is 0 Å². The highest BCUT2D eigenvalue weighted by Gasteiger charge is 2.00. The van der Waals surface area contributed by atoms with E-state index in [1.165, 1.54) is 6.42 Å². The van der Waals surface area contributed by atoms with Gasteiger partial charge in [0.15, 0.2) is 0 Å². The van der Waals surface area contributed by atoms with Gasteiger partial charge in [-0.1, -0.05) is 0 Å². The van der Waals surface area contributed by atoms with E-state index in [2.05, 4.69) is 10.6 Å². The summed E-state index contributed by atoms with van der Waals surface area (Å²) in [5, 5.41) is 6.26. The van der Waals surface area contributed by atoms with Gasteiger partial charge in [0.1, 0.15) is 0 Å². The first-order valence-corrected chi connectivity index (χ1v) is 3.87. The second-order valence-corrected chi connectivity index (χ2v) is 2.47. The largest absolute Gasteiger partial charge is 0.329 e. The zero-order valence-electron chi connectivity index (χ0n) is 6.98. The van der Waals surface area contributed by atoms with Gasteiger partial charge in [0.25, 0.3) is 0 Å². The SMILES string of the molecule is CNCCC[C@@H](CN)NC. The van der Waals surface area contributed by atoms with Crippen molar-refractivity contribution in [1.82, 2.24) is 10.6 Å². The number of nitrogens with two attached hydrogens (primary N) is 1. The van der Waals surface area contributed by atoms with Crippen LogP contribution in [0.25, 0.3) is 0 Å². The lowest BCUT2D eigenvalue weighted by atomic mass is 10.1. The van der Waals surface area contributed by atoms with E-state index in [-0.39, 0.29) is 0 Å². The molecule has 0 fully saturated rings. The molecule has 0 aliphatic carbocycles. The van der Waals surface area contributed by atoms with Gasteiger partial charge in [0.2, 0.25) is 0 Å². The molecule has 0 aromatic carbocycles. The Labute approximate surface area is 63.4 Å². The van der Waals surface area contributed by atoms with Crippen LogP contribution in [-0.4, -0.2) is 33.2 Å². The van der Waals surface area contributed by atoms with Crippen molar-refractivity contribution in [3.63, 3.8) is 0 Å². The molecule has 10 heavy (non-hydrogen) atoms. The Hall–Kier alpha value is -0.120. The minimum absolute atomic E-state index is 0.494. The summed E-state index contributed by atoms with van der Waals surface area (Å²) in [4.78, 5) is 0. The molecule has 0 saturated carbocycles. The summed E-state index contributed by atoms with van der Waals surface area (Å²) in [6, 6.07) is 0.494. The molecule has 0 heterocycles. The molecule has 0 aromatic rings. The molecule has 0 spiro atoms. The Morgan fingerprint density at radius 1 is 1.40 bits per heavy atom. The molecule has 62 valence electrons. The first-order valence-electron chi connectivity index (χ1n) is 3.87. The Bertz CT molecular complexity index is 61.9. The average Bonchev–Trinajstić information content (AvgIpc) is 1.99. The van der Waals surface area contributed by atoms with E-state index >= 15 is 0 Å². The molecule has 0 unspecified atom stereocenters. The second kappa shape index (κ2) is 6.99. The third-order valence-corrected chi connectivity index (χ3v) is 1.67. The Balaban J connectivity index is 3.09. The normalized spacial score (nSPS) is 13.5. The molecular formula is C7H19N3. The summed E-state index contributed by atoms with van der Waals surface area (Å²) in [5.41, 5.74) is 5.48. The second-order valence-electron chi connectivity index (χ2n) is 2.47. The number of likely N-dealkylation sites (N-methyl/N-ethyl adjacent to an activating group) is 1. The Morgan fingerprint density at radius 2 is 2.10 bits per heavy atom. The van der Waals surface area contributed by atoms with E-state index in [1.54, 1.807) is 0 Å². The highest BCUT2D eigenvalue weighted by molar-refractivity contribution is 4.64. The minimum atomic E-state index is 0.494. The van der Waals surface area contributed by atoms with Crippen molar-refractivity contribution in [3.8, 4) is 0 Å². The molecule has 3 nitrogen and oxygen atoms in total. The van der Waals surface area contributed by atoms with Crippen LogP contribution in [0.15, 0.2) is 0 Å². The molecule has 0 aliphatic rings. The fourth-order valence-corrected chi connectivity index (χ4v) is 0.905. The lowest BCUT2D eigenvalue weighted by molar-refractivity contribution is 0.506. The van der Waals surface area contributed by atoms with Crippen molar-refractivity contribution in [3.05, 3.63) is 0 Å². The first-order chi connectivity index (χ1) is 4.85. The maximum Gasteiger partial charge on any atom is 0.0187 e. The summed E-state index contributed by atoms with van der Waals surface area (Å²) < 4.78 is 0. The van der Waals surface area contributed by atoms with E-state index in [1.807, 2.05) is 14.1 Å². The zero-order chi connectivity index (χ0) is 7.82. The highest BCUT2D eigenvalue weighted by atomic mass is 14.9. The summed E-state index contributed by atoms with van der Waals surface area (Å²) in [7, 11) is 3.92. The highest BCUT2D eigenvalue weighted by Crippen LogP contribution is 1.92. The van der Waals surface area contributed by atoms with E-state index in [9.17, 15) is 0 Å². The zero-order valence-corrected chi connectivity index (χ0v) is 6.98. The van der Waals surface area contributed by atoms with Crippen molar-refractivity contribution in [1.29, 1.82) is 0 Å². The summed E-state index contributed by atoms with van der Waals surface area (Å²) >= 11 is 0. The number of hydrogen-bond donors (Lipinski definition) is 3. The van der Waals surface area contributed by atoms with Crippen LogP contribution < -0.4 is 16.4 Å². The van der Waals surface area contributed by atoms with E-state index in [0.29, 0.717) is 6.04 Å². The molecule has 0 rings (SSSR count). The van der Waals surface area contributed by atoms with Gasteiger partial charge in [-0.05, 0) is 33.5 Å². The van der Waals surface area contributed by atoms with Gasteiger partial charge in [0.05, 0.1) is 0 Å². The van der Waals surface area contributed by atoms with Crippen LogP contribution in [0.2, 0.25) is 0 Å². The lowest BCUT2D eigenvalue weighted by Crippen LogP contribution is -2.33. The summed E-state index contributed by atoms with van der Waals surface area (Å²) in [6.07, 6.45) is 2.35. The van der Waals surface area contributed by atoms with Gasteiger partial charge in [0, 0.05) is 12.6 Å². The van der Waals surface area contributed by atoms with Crippen LogP contribution in [0.3, 0.4) is 0 Å². The van der Waals surface area contributed by atoms with Crippen molar-refractivity contribution < 1.29 is 0 Å². The summed E-state index contributed by atoms with van der Waals surface area (Å²) in [5.74, 6) is 0. The standard InChI is InChI=1S/C7H19N3/c1-9-5-3-4-7(6-8)10-2/h7,9-10H,3-6,8H2,1-2H3/t7-/m0/s1.